The number of carbonyl (C=O) groups is 3. The summed E-state index contributed by atoms with van der Waals surface area (Å²) in [7, 11) is 0. The van der Waals surface area contributed by atoms with Gasteiger partial charge in [-0.05, 0) is 44.7 Å². The highest BCUT2D eigenvalue weighted by Gasteiger charge is 2.52. The normalized spacial score (nSPS) is 27.3. The van der Waals surface area contributed by atoms with Gasteiger partial charge in [-0.3, -0.25) is 14.5 Å². The van der Waals surface area contributed by atoms with Crippen LogP contribution in [0.5, 0.6) is 0 Å². The third-order valence-electron chi connectivity index (χ3n) is 4.99. The van der Waals surface area contributed by atoms with E-state index in [0.29, 0.717) is 25.3 Å². The molecule has 7 nitrogen and oxygen atoms in total. The average molecular weight is 308 g/mol. The van der Waals surface area contributed by atoms with Gasteiger partial charge in [0.05, 0.1) is 0 Å². The Hall–Kier alpha value is -1.63. The number of imide groups is 1. The molecule has 0 radical (unpaired) electrons. The van der Waals surface area contributed by atoms with Crippen molar-refractivity contribution in [2.45, 2.75) is 44.1 Å². The summed E-state index contributed by atoms with van der Waals surface area (Å²) >= 11 is 0. The third-order valence-corrected chi connectivity index (χ3v) is 4.99. The second-order valence-electron chi connectivity index (χ2n) is 6.63. The van der Waals surface area contributed by atoms with Crippen molar-refractivity contribution in [1.82, 2.24) is 20.9 Å². The van der Waals surface area contributed by atoms with E-state index in [1.165, 1.54) is 0 Å². The number of urea groups is 1. The van der Waals surface area contributed by atoms with Gasteiger partial charge in [0.25, 0.3) is 5.91 Å². The fourth-order valence-corrected chi connectivity index (χ4v) is 3.69. The maximum Gasteiger partial charge on any atom is 0.325 e. The maximum atomic E-state index is 12.4. The number of piperidine rings is 1. The molecule has 122 valence electrons. The van der Waals surface area contributed by atoms with Crippen LogP contribution in [0.15, 0.2) is 0 Å². The Morgan fingerprint density at radius 2 is 2.05 bits per heavy atom. The smallest absolute Gasteiger partial charge is 0.325 e. The van der Waals surface area contributed by atoms with Crippen LogP contribution in [-0.2, 0) is 9.59 Å². The molecule has 4 amide bonds. The molecule has 1 aliphatic carbocycles. The summed E-state index contributed by atoms with van der Waals surface area (Å²) in [6.45, 7) is 2.37. The molecule has 0 aromatic carbocycles. The minimum absolute atomic E-state index is 0.174. The highest BCUT2D eigenvalue weighted by Crippen LogP contribution is 2.34. The van der Waals surface area contributed by atoms with Gasteiger partial charge in [0.15, 0.2) is 0 Å². The van der Waals surface area contributed by atoms with Gasteiger partial charge >= 0.3 is 6.03 Å². The lowest BCUT2D eigenvalue weighted by atomic mass is 9.98. The predicted octanol–water partition coefficient (Wildman–Crippen LogP) is -0.0332. The summed E-state index contributed by atoms with van der Waals surface area (Å²) in [5.74, 6) is -0.0596. The first-order chi connectivity index (χ1) is 10.6. The zero-order chi connectivity index (χ0) is 15.6. The standard InChI is InChI=1S/C15H24N4O3/c20-12(17-9-11-4-3-7-16-8-11)10-19-13(21)15(18-14(19)22)5-1-2-6-15/h11,16H,1-10H2,(H,17,20)(H,18,22). The van der Waals surface area contributed by atoms with Gasteiger partial charge in [0.1, 0.15) is 12.1 Å². The Bertz CT molecular complexity index is 467. The van der Waals surface area contributed by atoms with Crippen molar-refractivity contribution < 1.29 is 14.4 Å². The van der Waals surface area contributed by atoms with Crippen molar-refractivity contribution in [2.75, 3.05) is 26.2 Å². The van der Waals surface area contributed by atoms with Crippen LogP contribution < -0.4 is 16.0 Å². The fourth-order valence-electron chi connectivity index (χ4n) is 3.69. The van der Waals surface area contributed by atoms with Crippen LogP contribution >= 0.6 is 0 Å². The number of nitrogens with zero attached hydrogens (tertiary/aromatic N) is 1. The summed E-state index contributed by atoms with van der Waals surface area (Å²) in [6, 6.07) is -0.429. The maximum absolute atomic E-state index is 12.4. The second-order valence-corrected chi connectivity index (χ2v) is 6.63. The Balaban J connectivity index is 1.50. The lowest BCUT2D eigenvalue weighted by molar-refractivity contribution is -0.134. The largest absolute Gasteiger partial charge is 0.354 e. The quantitative estimate of drug-likeness (QED) is 0.636. The highest BCUT2D eigenvalue weighted by molar-refractivity contribution is 6.09. The monoisotopic (exact) mass is 308 g/mol. The van der Waals surface area contributed by atoms with E-state index < -0.39 is 11.6 Å². The summed E-state index contributed by atoms with van der Waals surface area (Å²) < 4.78 is 0. The summed E-state index contributed by atoms with van der Waals surface area (Å²) in [6.07, 6.45) is 5.48. The van der Waals surface area contributed by atoms with Crippen LogP contribution in [0, 0.1) is 5.92 Å². The molecular formula is C15H24N4O3. The lowest BCUT2D eigenvalue weighted by Gasteiger charge is -2.23. The Labute approximate surface area is 130 Å². The van der Waals surface area contributed by atoms with Gasteiger partial charge in [0, 0.05) is 6.54 Å². The van der Waals surface area contributed by atoms with E-state index >= 15 is 0 Å². The fraction of sp³-hybridized carbons (Fsp3) is 0.800. The molecule has 0 aromatic rings. The van der Waals surface area contributed by atoms with Gasteiger partial charge in [-0.25, -0.2) is 4.79 Å². The molecular weight excluding hydrogens is 284 g/mol. The van der Waals surface area contributed by atoms with Crippen LogP contribution in [0.25, 0.3) is 0 Å². The van der Waals surface area contributed by atoms with E-state index in [0.717, 1.165) is 43.7 Å². The first-order valence-electron chi connectivity index (χ1n) is 8.22. The first-order valence-corrected chi connectivity index (χ1v) is 8.22. The minimum Gasteiger partial charge on any atom is -0.354 e. The number of amides is 4. The summed E-state index contributed by atoms with van der Waals surface area (Å²) in [5, 5.41) is 8.93. The van der Waals surface area contributed by atoms with Crippen molar-refractivity contribution in [1.29, 1.82) is 0 Å². The van der Waals surface area contributed by atoms with Gasteiger partial charge in [-0.15, -0.1) is 0 Å². The van der Waals surface area contributed by atoms with Gasteiger partial charge in [0.2, 0.25) is 5.91 Å². The van der Waals surface area contributed by atoms with Gasteiger partial charge in [-0.1, -0.05) is 12.8 Å². The second kappa shape index (κ2) is 6.24. The molecule has 7 heteroatoms. The van der Waals surface area contributed by atoms with Crippen LogP contribution in [0.1, 0.15) is 38.5 Å². The molecule has 3 rings (SSSR count). The molecule has 1 atom stereocenters. The molecule has 3 aliphatic rings. The molecule has 2 heterocycles. The molecule has 3 fully saturated rings. The van der Waals surface area contributed by atoms with E-state index in [1.807, 2.05) is 0 Å². The Kier molecular flexibility index (Phi) is 4.33. The number of nitrogens with one attached hydrogen (secondary N) is 3. The molecule has 1 saturated carbocycles. The van der Waals surface area contributed by atoms with E-state index in [2.05, 4.69) is 16.0 Å². The molecule has 0 aromatic heterocycles. The lowest BCUT2D eigenvalue weighted by Crippen LogP contribution is -2.46. The van der Waals surface area contributed by atoms with Crippen LogP contribution in [-0.4, -0.2) is 54.5 Å². The molecule has 0 bridgehead atoms. The zero-order valence-corrected chi connectivity index (χ0v) is 12.8. The number of hydrogen-bond acceptors (Lipinski definition) is 4. The zero-order valence-electron chi connectivity index (χ0n) is 12.8. The topological polar surface area (TPSA) is 90.5 Å². The van der Waals surface area contributed by atoms with Crippen molar-refractivity contribution >= 4 is 17.8 Å². The van der Waals surface area contributed by atoms with Crippen molar-refractivity contribution in [2.24, 2.45) is 5.92 Å². The summed E-state index contributed by atoms with van der Waals surface area (Å²) in [5.41, 5.74) is -0.731. The van der Waals surface area contributed by atoms with Crippen LogP contribution in [0.2, 0.25) is 0 Å². The summed E-state index contributed by atoms with van der Waals surface area (Å²) in [4.78, 5) is 37.5. The number of carbonyl (C=O) groups excluding carboxylic acids is 3. The van der Waals surface area contributed by atoms with E-state index in [4.69, 9.17) is 0 Å². The molecule has 2 saturated heterocycles. The van der Waals surface area contributed by atoms with Gasteiger partial charge < -0.3 is 16.0 Å². The first kappa shape index (κ1) is 15.3. The van der Waals surface area contributed by atoms with Crippen LogP contribution in [0.4, 0.5) is 4.79 Å². The van der Waals surface area contributed by atoms with Crippen LogP contribution in [0.3, 0.4) is 0 Å². The number of hydrogen-bond donors (Lipinski definition) is 3. The molecule has 22 heavy (non-hydrogen) atoms. The Morgan fingerprint density at radius 3 is 2.73 bits per heavy atom. The van der Waals surface area contributed by atoms with E-state index in [9.17, 15) is 14.4 Å². The molecule has 3 N–H and O–H groups in total. The average Bonchev–Trinajstić information content (AvgIpc) is 3.08. The third kappa shape index (κ3) is 2.95. The Morgan fingerprint density at radius 1 is 1.27 bits per heavy atom. The molecule has 1 spiro atoms. The highest BCUT2D eigenvalue weighted by atomic mass is 16.2. The van der Waals surface area contributed by atoms with E-state index in [-0.39, 0.29) is 18.4 Å². The number of rotatable bonds is 4. The molecule has 1 unspecified atom stereocenters. The van der Waals surface area contributed by atoms with Crippen molar-refractivity contribution in [3.63, 3.8) is 0 Å². The van der Waals surface area contributed by atoms with E-state index in [1.54, 1.807) is 0 Å². The SMILES string of the molecule is O=C(CN1C(=O)NC2(CCCC2)C1=O)NCC1CCCNC1. The van der Waals surface area contributed by atoms with Gasteiger partial charge in [-0.2, -0.15) is 0 Å². The van der Waals surface area contributed by atoms with Crippen molar-refractivity contribution in [3.8, 4) is 0 Å². The predicted molar refractivity (Wildman–Crippen MR) is 80.0 cm³/mol. The van der Waals surface area contributed by atoms with Crippen molar-refractivity contribution in [3.05, 3.63) is 0 Å². The minimum atomic E-state index is -0.731. The molecule has 2 aliphatic heterocycles.